The second-order valence-electron chi connectivity index (χ2n) is 4.86. The highest BCUT2D eigenvalue weighted by atomic mass is 79.9. The number of aryl methyl sites for hydroxylation is 1. The summed E-state index contributed by atoms with van der Waals surface area (Å²) >= 11 is 3.52. The van der Waals surface area contributed by atoms with E-state index in [1.165, 1.54) is 0 Å². The Kier molecular flexibility index (Phi) is 3.64. The molecule has 3 heteroatoms. The maximum Gasteiger partial charge on any atom is 0.0998 e. The number of halogens is 1. The maximum atomic E-state index is 9.56. The van der Waals surface area contributed by atoms with Gasteiger partial charge >= 0.3 is 0 Å². The molecule has 0 amide bonds. The average molecular weight is 337 g/mol. The molecule has 0 bridgehead atoms. The number of hydrogen-bond donors (Lipinski definition) is 0. The van der Waals surface area contributed by atoms with Gasteiger partial charge in [-0.3, -0.25) is 0 Å². The van der Waals surface area contributed by atoms with Crippen LogP contribution in [0.3, 0.4) is 0 Å². The van der Waals surface area contributed by atoms with Gasteiger partial charge in [-0.05, 0) is 23.8 Å². The average Bonchev–Trinajstić information content (AvgIpc) is 2.84. The lowest BCUT2D eigenvalue weighted by Crippen LogP contribution is -1.83. The van der Waals surface area contributed by atoms with E-state index in [2.05, 4.69) is 38.7 Å². The van der Waals surface area contributed by atoms with Gasteiger partial charge in [0.15, 0.2) is 0 Å². The van der Waals surface area contributed by atoms with Crippen molar-refractivity contribution >= 4 is 38.5 Å². The van der Waals surface area contributed by atoms with Crippen LogP contribution in [0.2, 0.25) is 0 Å². The highest BCUT2D eigenvalue weighted by Gasteiger charge is 2.10. The van der Waals surface area contributed by atoms with Crippen molar-refractivity contribution in [3.05, 3.63) is 70.3 Å². The first-order valence-corrected chi connectivity index (χ1v) is 7.41. The van der Waals surface area contributed by atoms with Crippen molar-refractivity contribution in [1.29, 1.82) is 5.26 Å². The molecule has 0 radical (unpaired) electrons. The summed E-state index contributed by atoms with van der Waals surface area (Å²) in [4.78, 5) is 0. The van der Waals surface area contributed by atoms with Gasteiger partial charge in [-0.25, -0.2) is 0 Å². The first kappa shape index (κ1) is 13.7. The Morgan fingerprint density at radius 3 is 2.62 bits per heavy atom. The van der Waals surface area contributed by atoms with Crippen LogP contribution in [0, 0.1) is 11.3 Å². The van der Waals surface area contributed by atoms with E-state index >= 15 is 0 Å². The Hall–Kier alpha value is -2.31. The first-order chi connectivity index (χ1) is 10.2. The molecule has 0 unspecified atom stereocenters. The molecule has 0 saturated heterocycles. The van der Waals surface area contributed by atoms with Crippen molar-refractivity contribution in [3.8, 4) is 6.07 Å². The summed E-state index contributed by atoms with van der Waals surface area (Å²) in [6, 6.07) is 18.3. The minimum absolute atomic E-state index is 0.665. The summed E-state index contributed by atoms with van der Waals surface area (Å²) in [6.45, 7) is 0. The normalized spacial score (nSPS) is 11.6. The maximum absolute atomic E-state index is 9.56. The van der Waals surface area contributed by atoms with Gasteiger partial charge in [0.1, 0.15) is 0 Å². The monoisotopic (exact) mass is 336 g/mol. The van der Waals surface area contributed by atoms with Crippen LogP contribution in [-0.4, -0.2) is 4.57 Å². The van der Waals surface area contributed by atoms with E-state index in [4.69, 9.17) is 0 Å². The van der Waals surface area contributed by atoms with Gasteiger partial charge in [-0.15, -0.1) is 0 Å². The summed E-state index contributed by atoms with van der Waals surface area (Å²) in [5.74, 6) is 0. The molecule has 0 saturated carbocycles. The molecule has 0 N–H and O–H groups in total. The predicted octanol–water partition coefficient (Wildman–Crippen LogP) is 5.00. The van der Waals surface area contributed by atoms with Crippen LogP contribution < -0.4 is 0 Å². The number of allylic oxidation sites excluding steroid dienone is 1. The second kappa shape index (κ2) is 5.59. The molecule has 102 valence electrons. The first-order valence-electron chi connectivity index (χ1n) is 6.61. The fourth-order valence-corrected chi connectivity index (χ4v) is 2.87. The zero-order chi connectivity index (χ0) is 14.8. The molecule has 21 heavy (non-hydrogen) atoms. The van der Waals surface area contributed by atoms with E-state index in [0.717, 1.165) is 26.5 Å². The van der Waals surface area contributed by atoms with E-state index in [1.807, 2.05) is 55.7 Å². The van der Waals surface area contributed by atoms with E-state index in [1.54, 1.807) is 0 Å². The molecule has 0 aliphatic carbocycles. The fraction of sp³-hybridized carbons (Fsp3) is 0.0556. The third kappa shape index (κ3) is 2.51. The summed E-state index contributed by atoms with van der Waals surface area (Å²) in [7, 11) is 2.00. The number of para-hydroxylation sites is 1. The van der Waals surface area contributed by atoms with Crippen molar-refractivity contribution in [1.82, 2.24) is 4.57 Å². The van der Waals surface area contributed by atoms with Gasteiger partial charge in [0.2, 0.25) is 0 Å². The van der Waals surface area contributed by atoms with Crippen molar-refractivity contribution in [2.45, 2.75) is 0 Å². The molecule has 2 aromatic carbocycles. The third-order valence-corrected chi connectivity index (χ3v) is 4.23. The number of rotatable bonds is 2. The topological polar surface area (TPSA) is 28.7 Å². The minimum atomic E-state index is 0.665. The molecule has 1 heterocycles. The Morgan fingerprint density at radius 2 is 1.86 bits per heavy atom. The summed E-state index contributed by atoms with van der Waals surface area (Å²) < 4.78 is 3.04. The number of nitriles is 1. The quantitative estimate of drug-likeness (QED) is 0.605. The highest BCUT2D eigenvalue weighted by Crippen LogP contribution is 2.29. The number of benzene rings is 2. The number of aromatic nitrogens is 1. The lowest BCUT2D eigenvalue weighted by Gasteiger charge is -2.00. The number of hydrogen-bond acceptors (Lipinski definition) is 1. The predicted molar refractivity (Wildman–Crippen MR) is 90.5 cm³/mol. The van der Waals surface area contributed by atoms with Crippen LogP contribution >= 0.6 is 15.9 Å². The van der Waals surface area contributed by atoms with E-state index < -0.39 is 0 Å². The van der Waals surface area contributed by atoms with Gasteiger partial charge in [0.05, 0.1) is 11.6 Å². The van der Waals surface area contributed by atoms with E-state index in [9.17, 15) is 5.26 Å². The van der Waals surface area contributed by atoms with Crippen LogP contribution in [0.15, 0.2) is 59.2 Å². The Balaban J connectivity index is 2.20. The van der Waals surface area contributed by atoms with Gasteiger partial charge in [-0.2, -0.15) is 5.26 Å². The van der Waals surface area contributed by atoms with Gasteiger partial charge in [0, 0.05) is 34.2 Å². The Labute approximate surface area is 132 Å². The molecular weight excluding hydrogens is 324 g/mol. The lowest BCUT2D eigenvalue weighted by atomic mass is 10.0. The van der Waals surface area contributed by atoms with Gasteiger partial charge in [0.25, 0.3) is 0 Å². The van der Waals surface area contributed by atoms with Gasteiger partial charge < -0.3 is 4.57 Å². The van der Waals surface area contributed by atoms with Crippen LogP contribution in [0.4, 0.5) is 0 Å². The van der Waals surface area contributed by atoms with Crippen LogP contribution in [0.25, 0.3) is 22.6 Å². The van der Waals surface area contributed by atoms with E-state index in [-0.39, 0.29) is 0 Å². The molecule has 3 aromatic rings. The molecule has 0 atom stereocenters. The van der Waals surface area contributed by atoms with E-state index in [0.29, 0.717) is 5.57 Å². The van der Waals surface area contributed by atoms with Crippen molar-refractivity contribution in [2.24, 2.45) is 7.05 Å². The molecular formula is C18H13BrN2. The second-order valence-corrected chi connectivity index (χ2v) is 5.72. The van der Waals surface area contributed by atoms with Crippen LogP contribution in [0.1, 0.15) is 11.1 Å². The summed E-state index contributed by atoms with van der Waals surface area (Å²) in [6.07, 6.45) is 3.93. The fourth-order valence-electron chi connectivity index (χ4n) is 2.47. The van der Waals surface area contributed by atoms with Gasteiger partial charge in [-0.1, -0.05) is 52.3 Å². The molecule has 0 fully saturated rings. The summed E-state index contributed by atoms with van der Waals surface area (Å²) in [5.41, 5.74) is 3.76. The Bertz CT molecular complexity index is 882. The smallest absolute Gasteiger partial charge is 0.0998 e. The molecule has 3 rings (SSSR count). The largest absolute Gasteiger partial charge is 0.350 e. The molecule has 0 aliphatic rings. The molecule has 1 aromatic heterocycles. The highest BCUT2D eigenvalue weighted by molar-refractivity contribution is 9.10. The van der Waals surface area contributed by atoms with Crippen molar-refractivity contribution in [3.63, 3.8) is 0 Å². The van der Waals surface area contributed by atoms with Crippen LogP contribution in [0.5, 0.6) is 0 Å². The molecule has 0 spiro atoms. The van der Waals surface area contributed by atoms with Crippen molar-refractivity contribution < 1.29 is 0 Å². The van der Waals surface area contributed by atoms with Crippen LogP contribution in [-0.2, 0) is 7.05 Å². The third-order valence-electron chi connectivity index (χ3n) is 3.51. The standard InChI is InChI=1S/C18H13BrN2/c1-21-12-16(15-7-3-5-9-18(15)21)14(11-20)10-13-6-2-4-8-17(13)19/h2-10,12H,1H3/b14-10+. The number of fused-ring (bicyclic) bond motifs is 1. The zero-order valence-electron chi connectivity index (χ0n) is 11.5. The Morgan fingerprint density at radius 1 is 1.14 bits per heavy atom. The van der Waals surface area contributed by atoms with Crippen molar-refractivity contribution in [2.75, 3.05) is 0 Å². The number of nitrogens with zero attached hydrogens (tertiary/aromatic N) is 2. The zero-order valence-corrected chi connectivity index (χ0v) is 13.1. The lowest BCUT2D eigenvalue weighted by molar-refractivity contribution is 0.967. The molecule has 2 nitrogen and oxygen atoms in total. The minimum Gasteiger partial charge on any atom is -0.350 e. The summed E-state index contributed by atoms with van der Waals surface area (Å²) in [5, 5.41) is 10.7. The SMILES string of the molecule is Cn1cc(/C(C#N)=C/c2ccccc2Br)c2ccccc21. The molecule has 0 aliphatic heterocycles.